The number of carbonyl (C=O) groups excluding carboxylic acids is 1. The van der Waals surface area contributed by atoms with Gasteiger partial charge in [0, 0.05) is 50.3 Å². The highest BCUT2D eigenvalue weighted by Gasteiger charge is 2.29. The molecule has 1 unspecified atom stereocenters. The van der Waals surface area contributed by atoms with Gasteiger partial charge >= 0.3 is 0 Å². The number of sulfonamides is 1. The van der Waals surface area contributed by atoms with E-state index < -0.39 is 10.0 Å². The average Bonchev–Trinajstić information content (AvgIpc) is 3.51. The largest absolute Gasteiger partial charge is 0.486 e. The van der Waals surface area contributed by atoms with Crippen LogP contribution in [0.1, 0.15) is 47.3 Å². The van der Waals surface area contributed by atoms with Crippen molar-refractivity contribution in [2.75, 3.05) is 38.7 Å². The normalized spacial score (nSPS) is 16.2. The van der Waals surface area contributed by atoms with Crippen LogP contribution >= 0.6 is 0 Å². The summed E-state index contributed by atoms with van der Waals surface area (Å²) < 4.78 is 39.7. The first-order chi connectivity index (χ1) is 18.3. The third-order valence-corrected chi connectivity index (χ3v) is 8.90. The number of amides is 1. The Morgan fingerprint density at radius 2 is 1.84 bits per heavy atom. The molecule has 3 aromatic rings. The van der Waals surface area contributed by atoms with Gasteiger partial charge in [-0.25, -0.2) is 8.42 Å². The smallest absolute Gasteiger partial charge is 0.254 e. The van der Waals surface area contributed by atoms with Crippen molar-refractivity contribution in [2.24, 2.45) is 0 Å². The molecule has 0 radical (unpaired) electrons. The number of nitrogens with one attached hydrogen (secondary N) is 1. The monoisotopic (exact) mass is 536 g/mol. The summed E-state index contributed by atoms with van der Waals surface area (Å²) in [5, 5.41) is 3.31. The second-order valence-electron chi connectivity index (χ2n) is 9.57. The van der Waals surface area contributed by atoms with Crippen LogP contribution in [0.15, 0.2) is 65.8 Å². The van der Waals surface area contributed by atoms with Crippen molar-refractivity contribution < 1.29 is 22.7 Å². The second kappa shape index (κ2) is 11.0. The lowest BCUT2D eigenvalue weighted by Gasteiger charge is -2.26. The van der Waals surface area contributed by atoms with Gasteiger partial charge in [0.1, 0.15) is 13.2 Å². The van der Waals surface area contributed by atoms with Crippen LogP contribution in [0.4, 0.5) is 5.69 Å². The molecule has 1 aromatic heterocycles. The molecule has 9 nitrogen and oxygen atoms in total. The molecule has 1 saturated heterocycles. The van der Waals surface area contributed by atoms with Crippen molar-refractivity contribution in [1.82, 2.24) is 14.2 Å². The fourth-order valence-corrected chi connectivity index (χ4v) is 6.27. The Labute approximate surface area is 223 Å². The van der Waals surface area contributed by atoms with E-state index in [0.29, 0.717) is 55.6 Å². The zero-order chi connectivity index (χ0) is 26.7. The summed E-state index contributed by atoms with van der Waals surface area (Å²) in [5.74, 6) is 1.11. The number of ether oxygens (including phenoxy) is 2. The van der Waals surface area contributed by atoms with Crippen LogP contribution in [0.5, 0.6) is 11.5 Å². The standard InChI is InChI=1S/C28H32N4O5S/c1-20(22-6-5-9-29-19-22)31(2)28(33)23-15-24(17-25(16-23)38(34,35)32-10-3-4-11-32)30-18-21-7-8-26-27(14-21)37-13-12-36-26/h5-9,14-17,19-20,30H,3-4,10-13,18H2,1-2H3. The Morgan fingerprint density at radius 1 is 1.08 bits per heavy atom. The molecular weight excluding hydrogens is 504 g/mol. The summed E-state index contributed by atoms with van der Waals surface area (Å²) in [5.41, 5.74) is 2.68. The predicted octanol–water partition coefficient (Wildman–Crippen LogP) is 4.08. The number of hydrogen-bond acceptors (Lipinski definition) is 7. The first-order valence-electron chi connectivity index (χ1n) is 12.8. The minimum Gasteiger partial charge on any atom is -0.486 e. The van der Waals surface area contributed by atoms with E-state index in [-0.39, 0.29) is 16.8 Å². The van der Waals surface area contributed by atoms with Crippen LogP contribution < -0.4 is 14.8 Å². The Kier molecular flexibility index (Phi) is 7.53. The zero-order valence-corrected chi connectivity index (χ0v) is 22.4. The van der Waals surface area contributed by atoms with Crippen molar-refractivity contribution >= 4 is 21.6 Å². The Morgan fingerprint density at radius 3 is 2.58 bits per heavy atom. The second-order valence-corrected chi connectivity index (χ2v) is 11.5. The van der Waals surface area contributed by atoms with E-state index in [1.54, 1.807) is 36.5 Å². The zero-order valence-electron chi connectivity index (χ0n) is 21.6. The third-order valence-electron chi connectivity index (χ3n) is 7.03. The molecule has 10 heteroatoms. The quantitative estimate of drug-likeness (QED) is 0.463. The number of pyridine rings is 1. The summed E-state index contributed by atoms with van der Waals surface area (Å²) in [6.45, 7) is 4.32. The van der Waals surface area contributed by atoms with Crippen LogP contribution in [0.25, 0.3) is 0 Å². The molecule has 3 heterocycles. The highest BCUT2D eigenvalue weighted by atomic mass is 32.2. The van der Waals surface area contributed by atoms with E-state index in [9.17, 15) is 13.2 Å². The summed E-state index contributed by atoms with van der Waals surface area (Å²) in [6.07, 6.45) is 5.07. The van der Waals surface area contributed by atoms with Gasteiger partial charge in [-0.1, -0.05) is 12.1 Å². The van der Waals surface area contributed by atoms with E-state index in [1.807, 2.05) is 37.3 Å². The minimum absolute atomic E-state index is 0.109. The lowest BCUT2D eigenvalue weighted by Crippen LogP contribution is -2.31. The average molecular weight is 537 g/mol. The Bertz CT molecular complexity index is 1410. The molecule has 1 amide bonds. The van der Waals surface area contributed by atoms with Crippen molar-refractivity contribution in [2.45, 2.75) is 37.2 Å². The highest BCUT2D eigenvalue weighted by molar-refractivity contribution is 7.89. The fraction of sp³-hybridized carbons (Fsp3) is 0.357. The van der Waals surface area contributed by atoms with Gasteiger partial charge in [-0.05, 0) is 67.3 Å². The van der Waals surface area contributed by atoms with Crippen LogP contribution in [-0.4, -0.2) is 61.9 Å². The molecule has 0 spiro atoms. The maximum atomic E-state index is 13.6. The molecule has 2 aliphatic rings. The molecule has 1 atom stereocenters. The Hall–Kier alpha value is -3.63. The predicted molar refractivity (Wildman–Crippen MR) is 144 cm³/mol. The van der Waals surface area contributed by atoms with Gasteiger partial charge < -0.3 is 19.7 Å². The van der Waals surface area contributed by atoms with Crippen LogP contribution in [0.3, 0.4) is 0 Å². The first kappa shape index (κ1) is 26.0. The minimum atomic E-state index is -3.73. The van der Waals surface area contributed by atoms with Gasteiger partial charge in [0.15, 0.2) is 11.5 Å². The highest BCUT2D eigenvalue weighted by Crippen LogP contribution is 2.32. The molecule has 38 heavy (non-hydrogen) atoms. The van der Waals surface area contributed by atoms with Crippen molar-refractivity contribution in [3.63, 3.8) is 0 Å². The maximum absolute atomic E-state index is 13.6. The van der Waals surface area contributed by atoms with Crippen molar-refractivity contribution in [3.8, 4) is 11.5 Å². The van der Waals surface area contributed by atoms with E-state index in [0.717, 1.165) is 24.0 Å². The summed E-state index contributed by atoms with van der Waals surface area (Å²) in [7, 11) is -2.02. The van der Waals surface area contributed by atoms with Crippen LogP contribution in [0.2, 0.25) is 0 Å². The van der Waals surface area contributed by atoms with E-state index in [1.165, 1.54) is 10.4 Å². The lowest BCUT2D eigenvalue weighted by atomic mass is 10.1. The molecule has 0 saturated carbocycles. The summed E-state index contributed by atoms with van der Waals surface area (Å²) in [4.78, 5) is 19.5. The van der Waals surface area contributed by atoms with E-state index >= 15 is 0 Å². The number of nitrogens with zero attached hydrogens (tertiary/aromatic N) is 3. The van der Waals surface area contributed by atoms with Crippen molar-refractivity contribution in [3.05, 3.63) is 77.6 Å². The van der Waals surface area contributed by atoms with E-state index in [4.69, 9.17) is 9.47 Å². The third kappa shape index (κ3) is 5.46. The number of carbonyl (C=O) groups is 1. The van der Waals surface area contributed by atoms with Gasteiger partial charge in [0.2, 0.25) is 10.0 Å². The van der Waals surface area contributed by atoms with Crippen LogP contribution in [-0.2, 0) is 16.6 Å². The molecule has 1 N–H and O–H groups in total. The van der Waals surface area contributed by atoms with E-state index in [2.05, 4.69) is 10.3 Å². The molecule has 0 aliphatic carbocycles. The molecule has 0 bridgehead atoms. The summed E-state index contributed by atoms with van der Waals surface area (Å²) >= 11 is 0. The first-order valence-corrected chi connectivity index (χ1v) is 14.2. The van der Waals surface area contributed by atoms with Gasteiger partial charge in [-0.2, -0.15) is 4.31 Å². The number of anilines is 1. The topological polar surface area (TPSA) is 101 Å². The van der Waals surface area contributed by atoms with Gasteiger partial charge in [-0.15, -0.1) is 0 Å². The molecular formula is C28H32N4O5S. The fourth-order valence-electron chi connectivity index (χ4n) is 4.68. The van der Waals surface area contributed by atoms with Gasteiger partial charge in [-0.3, -0.25) is 9.78 Å². The molecule has 2 aromatic carbocycles. The molecule has 1 fully saturated rings. The number of benzene rings is 2. The molecule has 200 valence electrons. The lowest BCUT2D eigenvalue weighted by molar-refractivity contribution is 0.0742. The van der Waals surface area contributed by atoms with Crippen LogP contribution in [0, 0.1) is 0 Å². The number of fused-ring (bicyclic) bond motifs is 1. The maximum Gasteiger partial charge on any atom is 0.254 e. The van der Waals surface area contributed by atoms with Gasteiger partial charge in [0.25, 0.3) is 5.91 Å². The molecule has 5 rings (SSSR count). The number of rotatable bonds is 8. The van der Waals surface area contributed by atoms with Gasteiger partial charge in [0.05, 0.1) is 10.9 Å². The summed E-state index contributed by atoms with van der Waals surface area (Å²) in [6, 6.07) is 14.0. The Balaban J connectivity index is 1.44. The number of aromatic nitrogens is 1. The number of hydrogen-bond donors (Lipinski definition) is 1. The van der Waals surface area contributed by atoms with Crippen molar-refractivity contribution in [1.29, 1.82) is 0 Å². The molecule has 2 aliphatic heterocycles. The SMILES string of the molecule is CC(c1cccnc1)N(C)C(=O)c1cc(NCc2ccc3c(c2)OCCO3)cc(S(=O)(=O)N2CCCC2)c1.